The molecule has 0 spiro atoms. The molecule has 0 bridgehead atoms. The normalized spacial score (nSPS) is 17.6. The van der Waals surface area contributed by atoms with Gasteiger partial charge in [0.2, 0.25) is 0 Å². The smallest absolute Gasteiger partial charge is 0.407 e. The van der Waals surface area contributed by atoms with Crippen LogP contribution in [0.4, 0.5) is 4.79 Å². The molecule has 1 aromatic carbocycles. The average molecular weight is 330 g/mol. The number of carbonyl (C=O) groups excluding carboxylic acids is 1. The number of nitriles is 1. The van der Waals surface area contributed by atoms with Crippen molar-refractivity contribution in [1.82, 2.24) is 4.90 Å². The molecule has 1 heterocycles. The van der Waals surface area contributed by atoms with Crippen LogP contribution in [0.3, 0.4) is 0 Å². The Hall–Kier alpha value is -2.55. The fraction of sp³-hybridized carbons (Fsp3) is 0.500. The SMILES string of the molecule is CCOC(=O)C(C#N)C1(c2ccccc2C)CCN(C(=O)O)CC1. The summed E-state index contributed by atoms with van der Waals surface area (Å²) in [5, 5.41) is 18.9. The maximum absolute atomic E-state index is 12.4. The van der Waals surface area contributed by atoms with Gasteiger partial charge in [0.05, 0.1) is 12.7 Å². The highest BCUT2D eigenvalue weighted by molar-refractivity contribution is 5.78. The minimum absolute atomic E-state index is 0.210. The molecule has 0 radical (unpaired) electrons. The van der Waals surface area contributed by atoms with E-state index in [0.29, 0.717) is 25.9 Å². The number of nitrogens with zero attached hydrogens (tertiary/aromatic N) is 2. The minimum Gasteiger partial charge on any atom is -0.465 e. The lowest BCUT2D eigenvalue weighted by Crippen LogP contribution is -2.50. The third-order valence-electron chi connectivity index (χ3n) is 4.81. The highest BCUT2D eigenvalue weighted by Crippen LogP contribution is 2.43. The molecule has 0 aliphatic carbocycles. The summed E-state index contributed by atoms with van der Waals surface area (Å²) in [6.45, 7) is 4.45. The molecular weight excluding hydrogens is 308 g/mol. The summed E-state index contributed by atoms with van der Waals surface area (Å²) < 4.78 is 5.12. The number of rotatable bonds is 4. The summed E-state index contributed by atoms with van der Waals surface area (Å²) in [5.41, 5.74) is 1.19. The summed E-state index contributed by atoms with van der Waals surface area (Å²) >= 11 is 0. The molecule has 1 saturated heterocycles. The third-order valence-corrected chi connectivity index (χ3v) is 4.81. The van der Waals surface area contributed by atoms with E-state index in [-0.39, 0.29) is 6.61 Å². The summed E-state index contributed by atoms with van der Waals surface area (Å²) in [6.07, 6.45) is -0.138. The van der Waals surface area contributed by atoms with Gasteiger partial charge in [0.15, 0.2) is 5.92 Å². The Labute approximate surface area is 141 Å². The van der Waals surface area contributed by atoms with Crippen molar-refractivity contribution in [1.29, 1.82) is 5.26 Å². The number of ether oxygens (including phenoxy) is 1. The number of aryl methyl sites for hydroxylation is 1. The summed E-state index contributed by atoms with van der Waals surface area (Å²) in [6, 6.07) is 9.79. The summed E-state index contributed by atoms with van der Waals surface area (Å²) in [5.74, 6) is -1.48. The van der Waals surface area contributed by atoms with Crippen molar-refractivity contribution >= 4 is 12.1 Å². The number of piperidine rings is 1. The van der Waals surface area contributed by atoms with E-state index in [2.05, 4.69) is 6.07 Å². The molecule has 1 aliphatic heterocycles. The van der Waals surface area contributed by atoms with Crippen LogP contribution in [0.25, 0.3) is 0 Å². The van der Waals surface area contributed by atoms with Gasteiger partial charge in [0.25, 0.3) is 0 Å². The monoisotopic (exact) mass is 330 g/mol. The topological polar surface area (TPSA) is 90.6 Å². The molecule has 1 atom stereocenters. The van der Waals surface area contributed by atoms with E-state index >= 15 is 0 Å². The first-order chi connectivity index (χ1) is 11.5. The van der Waals surface area contributed by atoms with Crippen LogP contribution in [0.15, 0.2) is 24.3 Å². The maximum Gasteiger partial charge on any atom is 0.407 e. The van der Waals surface area contributed by atoms with Gasteiger partial charge in [-0.05, 0) is 37.8 Å². The molecule has 1 aliphatic rings. The van der Waals surface area contributed by atoms with Crippen LogP contribution >= 0.6 is 0 Å². The molecule has 128 valence electrons. The van der Waals surface area contributed by atoms with Crippen molar-refractivity contribution in [3.63, 3.8) is 0 Å². The van der Waals surface area contributed by atoms with Crippen molar-refractivity contribution in [3.8, 4) is 6.07 Å². The van der Waals surface area contributed by atoms with Gasteiger partial charge in [-0.2, -0.15) is 5.26 Å². The number of hydrogen-bond acceptors (Lipinski definition) is 4. The Kier molecular flexibility index (Phi) is 5.45. The number of amides is 1. The van der Waals surface area contributed by atoms with Gasteiger partial charge in [-0.1, -0.05) is 24.3 Å². The third kappa shape index (κ3) is 3.21. The number of likely N-dealkylation sites (tertiary alicyclic amines) is 1. The second-order valence-electron chi connectivity index (χ2n) is 6.05. The van der Waals surface area contributed by atoms with Crippen molar-refractivity contribution in [2.75, 3.05) is 19.7 Å². The van der Waals surface area contributed by atoms with Crippen LogP contribution in [0.2, 0.25) is 0 Å². The first-order valence-corrected chi connectivity index (χ1v) is 8.06. The van der Waals surface area contributed by atoms with E-state index in [4.69, 9.17) is 4.74 Å². The molecule has 0 aromatic heterocycles. The van der Waals surface area contributed by atoms with Gasteiger partial charge < -0.3 is 14.7 Å². The van der Waals surface area contributed by atoms with Gasteiger partial charge in [0, 0.05) is 18.5 Å². The zero-order chi connectivity index (χ0) is 17.7. The lowest BCUT2D eigenvalue weighted by Gasteiger charge is -2.43. The second kappa shape index (κ2) is 7.35. The van der Waals surface area contributed by atoms with E-state index in [0.717, 1.165) is 11.1 Å². The van der Waals surface area contributed by atoms with Gasteiger partial charge in [-0.15, -0.1) is 0 Å². The van der Waals surface area contributed by atoms with Crippen molar-refractivity contribution in [2.45, 2.75) is 32.1 Å². The molecule has 0 saturated carbocycles. The zero-order valence-corrected chi connectivity index (χ0v) is 14.0. The van der Waals surface area contributed by atoms with Crippen LogP contribution < -0.4 is 0 Å². The van der Waals surface area contributed by atoms with E-state index in [1.54, 1.807) is 6.92 Å². The van der Waals surface area contributed by atoms with Crippen molar-refractivity contribution in [3.05, 3.63) is 35.4 Å². The second-order valence-corrected chi connectivity index (χ2v) is 6.05. The number of carbonyl (C=O) groups is 2. The predicted octanol–water partition coefficient (Wildman–Crippen LogP) is 2.71. The fourth-order valence-electron chi connectivity index (χ4n) is 3.57. The Morgan fingerprint density at radius 2 is 2.00 bits per heavy atom. The molecular formula is C18H22N2O4. The predicted molar refractivity (Wildman–Crippen MR) is 87.4 cm³/mol. The van der Waals surface area contributed by atoms with Crippen LogP contribution in [-0.2, 0) is 14.9 Å². The lowest BCUT2D eigenvalue weighted by atomic mass is 9.63. The lowest BCUT2D eigenvalue weighted by molar-refractivity contribution is -0.149. The highest BCUT2D eigenvalue weighted by atomic mass is 16.5. The first kappa shape index (κ1) is 17.8. The van der Waals surface area contributed by atoms with E-state index < -0.39 is 23.4 Å². The molecule has 6 nitrogen and oxygen atoms in total. The molecule has 2 rings (SSSR count). The highest BCUT2D eigenvalue weighted by Gasteiger charge is 2.48. The first-order valence-electron chi connectivity index (χ1n) is 8.06. The summed E-state index contributed by atoms with van der Waals surface area (Å²) in [4.78, 5) is 24.9. The number of carboxylic acid groups (broad SMARTS) is 1. The molecule has 1 amide bonds. The zero-order valence-electron chi connectivity index (χ0n) is 14.0. The summed E-state index contributed by atoms with van der Waals surface area (Å²) in [7, 11) is 0. The maximum atomic E-state index is 12.4. The molecule has 1 N–H and O–H groups in total. The molecule has 6 heteroatoms. The van der Waals surface area contributed by atoms with Crippen LogP contribution in [0.5, 0.6) is 0 Å². The molecule has 1 unspecified atom stereocenters. The molecule has 1 fully saturated rings. The van der Waals surface area contributed by atoms with Gasteiger partial charge in [-0.3, -0.25) is 4.79 Å². The fourth-order valence-corrected chi connectivity index (χ4v) is 3.57. The van der Waals surface area contributed by atoms with Gasteiger partial charge in [-0.25, -0.2) is 4.79 Å². The minimum atomic E-state index is -0.974. The van der Waals surface area contributed by atoms with E-state index in [1.165, 1.54) is 4.90 Å². The standard InChI is InChI=1S/C18H22N2O4/c1-3-24-16(21)15(12-19)18(14-7-5-4-6-13(14)2)8-10-20(11-9-18)17(22)23/h4-7,15H,3,8-11H2,1-2H3,(H,22,23). The molecule has 24 heavy (non-hydrogen) atoms. The average Bonchev–Trinajstić information content (AvgIpc) is 2.56. The van der Waals surface area contributed by atoms with Crippen molar-refractivity contribution in [2.24, 2.45) is 5.92 Å². The largest absolute Gasteiger partial charge is 0.465 e. The van der Waals surface area contributed by atoms with Crippen LogP contribution in [0.1, 0.15) is 30.9 Å². The van der Waals surface area contributed by atoms with E-state index in [1.807, 2.05) is 31.2 Å². The van der Waals surface area contributed by atoms with Crippen LogP contribution in [0, 0.1) is 24.2 Å². The quantitative estimate of drug-likeness (QED) is 0.857. The van der Waals surface area contributed by atoms with Crippen LogP contribution in [-0.4, -0.2) is 41.8 Å². The van der Waals surface area contributed by atoms with Gasteiger partial charge >= 0.3 is 12.1 Å². The number of esters is 1. The Balaban J connectivity index is 2.47. The Morgan fingerprint density at radius 1 is 1.38 bits per heavy atom. The number of benzene rings is 1. The Morgan fingerprint density at radius 3 is 2.50 bits per heavy atom. The Bertz CT molecular complexity index is 657. The van der Waals surface area contributed by atoms with Gasteiger partial charge in [0.1, 0.15) is 0 Å². The van der Waals surface area contributed by atoms with Crippen molar-refractivity contribution < 1.29 is 19.4 Å². The number of hydrogen-bond donors (Lipinski definition) is 1. The molecule has 1 aromatic rings. The van der Waals surface area contributed by atoms with E-state index in [9.17, 15) is 20.0 Å².